The molecule has 27 heavy (non-hydrogen) atoms. The lowest BCUT2D eigenvalue weighted by Crippen LogP contribution is -2.43. The second-order valence-electron chi connectivity index (χ2n) is 6.28. The molecule has 2 unspecified atom stereocenters. The monoisotopic (exact) mass is 375 g/mol. The summed E-state index contributed by atoms with van der Waals surface area (Å²) >= 11 is 0. The summed E-state index contributed by atoms with van der Waals surface area (Å²) in [5.41, 5.74) is -0.372. The highest BCUT2D eigenvalue weighted by atomic mass is 16.6. The van der Waals surface area contributed by atoms with E-state index in [0.29, 0.717) is 16.7 Å². The van der Waals surface area contributed by atoms with Gasteiger partial charge in [0.25, 0.3) is 5.56 Å². The molecule has 3 N–H and O–H groups in total. The van der Waals surface area contributed by atoms with Gasteiger partial charge in [0.05, 0.1) is 13.2 Å². The molecule has 1 saturated heterocycles. The number of ether oxygens (including phenoxy) is 1. The number of hydrogen-bond acceptors (Lipinski definition) is 8. The Hall–Kier alpha value is -2.79. The van der Waals surface area contributed by atoms with Crippen molar-refractivity contribution in [3.05, 3.63) is 63.1 Å². The first-order valence-electron chi connectivity index (χ1n) is 8.29. The molecule has 2 aromatic heterocycles. The standard InChI is InChI=1S/C17H17N3O7/c21-8-12-14(23)15(24)16(26-12)19-6-5-13(22)20(17(19)25)7-10-9-3-1-2-4-11(9)27-18-10/h1-6,12,14-16,21,23-24H,7-8H2/t12-,14?,15?,16-/m1/s1. The van der Waals surface area contributed by atoms with Crippen LogP contribution in [0.25, 0.3) is 11.0 Å². The Morgan fingerprint density at radius 1 is 1.11 bits per heavy atom. The zero-order valence-corrected chi connectivity index (χ0v) is 14.0. The number of aliphatic hydroxyl groups is 3. The molecule has 3 aromatic rings. The molecular weight excluding hydrogens is 358 g/mol. The zero-order valence-electron chi connectivity index (χ0n) is 14.0. The minimum Gasteiger partial charge on any atom is -0.394 e. The second-order valence-corrected chi connectivity index (χ2v) is 6.28. The highest BCUT2D eigenvalue weighted by Crippen LogP contribution is 2.27. The molecule has 10 heteroatoms. The number of aliphatic hydroxyl groups excluding tert-OH is 3. The van der Waals surface area contributed by atoms with Crippen LogP contribution in [0.5, 0.6) is 0 Å². The highest BCUT2D eigenvalue weighted by molar-refractivity contribution is 5.79. The van der Waals surface area contributed by atoms with Gasteiger partial charge in [0.1, 0.15) is 24.0 Å². The summed E-state index contributed by atoms with van der Waals surface area (Å²) in [4.78, 5) is 25.1. The molecule has 0 spiro atoms. The lowest BCUT2D eigenvalue weighted by atomic mass is 10.1. The number of rotatable bonds is 4. The van der Waals surface area contributed by atoms with Gasteiger partial charge in [-0.05, 0) is 12.1 Å². The van der Waals surface area contributed by atoms with E-state index in [2.05, 4.69) is 5.16 Å². The van der Waals surface area contributed by atoms with E-state index in [1.165, 1.54) is 6.20 Å². The van der Waals surface area contributed by atoms with Crippen molar-refractivity contribution in [1.29, 1.82) is 0 Å². The van der Waals surface area contributed by atoms with Crippen LogP contribution < -0.4 is 11.2 Å². The van der Waals surface area contributed by atoms with Crippen LogP contribution in [-0.2, 0) is 11.3 Å². The van der Waals surface area contributed by atoms with Crippen molar-refractivity contribution in [3.63, 3.8) is 0 Å². The van der Waals surface area contributed by atoms with E-state index in [4.69, 9.17) is 9.26 Å². The van der Waals surface area contributed by atoms with Crippen molar-refractivity contribution in [1.82, 2.24) is 14.3 Å². The van der Waals surface area contributed by atoms with Crippen molar-refractivity contribution < 1.29 is 24.6 Å². The third-order valence-corrected chi connectivity index (χ3v) is 4.65. The number of hydrogen-bond donors (Lipinski definition) is 3. The Balaban J connectivity index is 1.74. The molecule has 0 aliphatic carbocycles. The van der Waals surface area contributed by atoms with Crippen molar-refractivity contribution in [2.45, 2.75) is 31.1 Å². The highest BCUT2D eigenvalue weighted by Gasteiger charge is 2.43. The van der Waals surface area contributed by atoms with E-state index in [-0.39, 0.29) is 6.54 Å². The van der Waals surface area contributed by atoms with Crippen LogP contribution in [0, 0.1) is 0 Å². The van der Waals surface area contributed by atoms with Crippen molar-refractivity contribution in [2.75, 3.05) is 6.61 Å². The van der Waals surface area contributed by atoms with Crippen LogP contribution in [0.2, 0.25) is 0 Å². The lowest BCUT2D eigenvalue weighted by Gasteiger charge is -2.18. The molecule has 1 fully saturated rings. The molecular formula is C17H17N3O7. The third kappa shape index (κ3) is 2.88. The average Bonchev–Trinajstić information content (AvgIpc) is 3.21. The van der Waals surface area contributed by atoms with Crippen molar-refractivity contribution in [2.24, 2.45) is 0 Å². The molecule has 0 bridgehead atoms. The summed E-state index contributed by atoms with van der Waals surface area (Å²) in [7, 11) is 0. The van der Waals surface area contributed by atoms with E-state index in [1.807, 2.05) is 0 Å². The van der Waals surface area contributed by atoms with E-state index in [1.54, 1.807) is 24.3 Å². The van der Waals surface area contributed by atoms with Gasteiger partial charge in [-0.25, -0.2) is 4.79 Å². The predicted octanol–water partition coefficient (Wildman–Crippen LogP) is -1.19. The summed E-state index contributed by atoms with van der Waals surface area (Å²) in [6.07, 6.45) is -3.87. The Labute approximate surface area is 151 Å². The molecule has 142 valence electrons. The second kappa shape index (κ2) is 6.74. The Morgan fingerprint density at radius 3 is 2.63 bits per heavy atom. The summed E-state index contributed by atoms with van der Waals surface area (Å²) in [5, 5.41) is 33.8. The van der Waals surface area contributed by atoms with Crippen LogP contribution in [0.15, 0.2) is 50.6 Å². The maximum absolute atomic E-state index is 12.8. The number of benzene rings is 1. The molecule has 10 nitrogen and oxygen atoms in total. The summed E-state index contributed by atoms with van der Waals surface area (Å²) in [6, 6.07) is 8.20. The van der Waals surface area contributed by atoms with Crippen LogP contribution >= 0.6 is 0 Å². The maximum atomic E-state index is 12.8. The normalized spacial score (nSPS) is 25.3. The van der Waals surface area contributed by atoms with Crippen molar-refractivity contribution >= 4 is 11.0 Å². The molecule has 1 aromatic carbocycles. The van der Waals surface area contributed by atoms with Gasteiger partial charge in [0, 0.05) is 17.6 Å². The number of para-hydroxylation sites is 1. The van der Waals surface area contributed by atoms with Gasteiger partial charge in [0.15, 0.2) is 11.8 Å². The van der Waals surface area contributed by atoms with Crippen LogP contribution in [0.3, 0.4) is 0 Å². The van der Waals surface area contributed by atoms with Gasteiger partial charge in [-0.3, -0.25) is 13.9 Å². The molecule has 3 heterocycles. The van der Waals surface area contributed by atoms with Crippen LogP contribution in [0.1, 0.15) is 11.9 Å². The summed E-state index contributed by atoms with van der Waals surface area (Å²) < 4.78 is 12.5. The van der Waals surface area contributed by atoms with Gasteiger partial charge >= 0.3 is 5.69 Å². The van der Waals surface area contributed by atoms with Gasteiger partial charge in [-0.15, -0.1) is 0 Å². The minimum absolute atomic E-state index is 0.135. The lowest BCUT2D eigenvalue weighted by molar-refractivity contribution is -0.0555. The molecule has 1 aliphatic heterocycles. The fourth-order valence-corrected chi connectivity index (χ4v) is 3.18. The smallest absolute Gasteiger partial charge is 0.333 e. The van der Waals surface area contributed by atoms with Crippen LogP contribution in [-0.4, -0.2) is 54.5 Å². The first-order valence-corrected chi connectivity index (χ1v) is 8.29. The maximum Gasteiger partial charge on any atom is 0.333 e. The van der Waals surface area contributed by atoms with Gasteiger partial charge in [-0.2, -0.15) is 0 Å². The van der Waals surface area contributed by atoms with Crippen LogP contribution in [0.4, 0.5) is 0 Å². The Morgan fingerprint density at radius 2 is 1.89 bits per heavy atom. The first kappa shape index (κ1) is 17.6. The molecule has 4 rings (SSSR count). The Bertz CT molecular complexity index is 1090. The topological polar surface area (TPSA) is 140 Å². The van der Waals surface area contributed by atoms with E-state index in [9.17, 15) is 24.9 Å². The zero-order chi connectivity index (χ0) is 19.1. The SMILES string of the molecule is O=c1ccn([C@@H]2O[C@H](CO)C(O)C2O)c(=O)n1Cc1noc2ccccc12. The largest absolute Gasteiger partial charge is 0.394 e. The molecule has 0 radical (unpaired) electrons. The van der Waals surface area contributed by atoms with Gasteiger partial charge in [0.2, 0.25) is 0 Å². The third-order valence-electron chi connectivity index (χ3n) is 4.65. The first-order chi connectivity index (χ1) is 13.0. The minimum atomic E-state index is -1.43. The molecule has 1 aliphatic rings. The average molecular weight is 375 g/mol. The van der Waals surface area contributed by atoms with E-state index >= 15 is 0 Å². The van der Waals surface area contributed by atoms with Gasteiger partial charge in [-0.1, -0.05) is 17.3 Å². The predicted molar refractivity (Wildman–Crippen MR) is 91.1 cm³/mol. The molecule has 0 amide bonds. The quantitative estimate of drug-likeness (QED) is 0.517. The number of aromatic nitrogens is 3. The summed E-state index contributed by atoms with van der Waals surface area (Å²) in [5.74, 6) is 0. The number of nitrogens with zero attached hydrogens (tertiary/aromatic N) is 3. The molecule has 4 atom stereocenters. The molecule has 0 saturated carbocycles. The fourth-order valence-electron chi connectivity index (χ4n) is 3.18. The Kier molecular flexibility index (Phi) is 4.40. The van der Waals surface area contributed by atoms with E-state index < -0.39 is 42.4 Å². The summed E-state index contributed by atoms with van der Waals surface area (Å²) in [6.45, 7) is -0.654. The fraction of sp³-hybridized carbons (Fsp3) is 0.353. The number of fused-ring (bicyclic) bond motifs is 1. The van der Waals surface area contributed by atoms with Gasteiger partial charge < -0.3 is 24.6 Å². The van der Waals surface area contributed by atoms with E-state index in [0.717, 1.165) is 15.2 Å². The van der Waals surface area contributed by atoms with Crippen molar-refractivity contribution in [3.8, 4) is 0 Å².